The molecule has 0 heterocycles. The van der Waals surface area contributed by atoms with Gasteiger partial charge in [-0.05, 0) is 42.9 Å². The summed E-state index contributed by atoms with van der Waals surface area (Å²) in [6.07, 6.45) is 14.1. The zero-order chi connectivity index (χ0) is 19.6. The molecule has 2 aliphatic carbocycles. The highest BCUT2D eigenvalue weighted by atomic mass is 16.2. The first-order chi connectivity index (χ1) is 13.7. The summed E-state index contributed by atoms with van der Waals surface area (Å²) in [6.45, 7) is 0. The molecule has 2 saturated carbocycles. The predicted molar refractivity (Wildman–Crippen MR) is 111 cm³/mol. The lowest BCUT2D eigenvalue weighted by atomic mass is 9.89. The summed E-state index contributed by atoms with van der Waals surface area (Å²) in [4.78, 5) is 24.2. The van der Waals surface area contributed by atoms with Gasteiger partial charge in [0.2, 0.25) is 11.8 Å². The summed E-state index contributed by atoms with van der Waals surface area (Å²) in [5.74, 6) is 0.215. The first-order valence-corrected chi connectivity index (χ1v) is 10.5. The molecular formula is C22H30N4O2. The largest absolute Gasteiger partial charge is 0.273 e. The highest BCUT2D eigenvalue weighted by Gasteiger charge is 2.21. The standard InChI is InChI=1S/C22H30N4O2/c27-21(19-10-3-1-4-11-19)25-23-15-17-8-7-9-18(14-17)16-24-26-22(28)20-12-5-2-6-13-20/h7-9,14-16,19-20H,1-6,10-13H2,(H,25,27)(H,26,28)/b23-15-,24-16-. The van der Waals surface area contributed by atoms with Gasteiger partial charge in [-0.2, -0.15) is 10.2 Å². The monoisotopic (exact) mass is 382 g/mol. The van der Waals surface area contributed by atoms with E-state index in [4.69, 9.17) is 0 Å². The number of nitrogens with zero attached hydrogens (tertiary/aromatic N) is 2. The van der Waals surface area contributed by atoms with Crippen molar-refractivity contribution in [3.8, 4) is 0 Å². The van der Waals surface area contributed by atoms with Crippen molar-refractivity contribution in [2.24, 2.45) is 22.0 Å². The second-order valence-electron chi connectivity index (χ2n) is 7.81. The van der Waals surface area contributed by atoms with Gasteiger partial charge in [-0.15, -0.1) is 0 Å². The summed E-state index contributed by atoms with van der Waals surface area (Å²) in [7, 11) is 0. The van der Waals surface area contributed by atoms with Crippen LogP contribution in [0.15, 0.2) is 34.5 Å². The normalized spacial score (nSPS) is 19.1. The van der Waals surface area contributed by atoms with Crippen LogP contribution in [0.5, 0.6) is 0 Å². The number of benzene rings is 1. The number of carbonyl (C=O) groups is 2. The van der Waals surface area contributed by atoms with Crippen LogP contribution in [0.4, 0.5) is 0 Å². The minimum Gasteiger partial charge on any atom is -0.273 e. The van der Waals surface area contributed by atoms with E-state index < -0.39 is 0 Å². The van der Waals surface area contributed by atoms with E-state index in [0.29, 0.717) is 0 Å². The van der Waals surface area contributed by atoms with E-state index in [1.54, 1.807) is 12.4 Å². The first kappa shape index (κ1) is 20.2. The zero-order valence-electron chi connectivity index (χ0n) is 16.4. The van der Waals surface area contributed by atoms with Gasteiger partial charge >= 0.3 is 0 Å². The van der Waals surface area contributed by atoms with Crippen molar-refractivity contribution < 1.29 is 9.59 Å². The first-order valence-electron chi connectivity index (χ1n) is 10.5. The van der Waals surface area contributed by atoms with Crippen LogP contribution in [-0.2, 0) is 9.59 Å². The minimum atomic E-state index is 0.0130. The number of rotatable bonds is 6. The molecule has 0 spiro atoms. The molecule has 0 aliphatic heterocycles. The molecular weight excluding hydrogens is 352 g/mol. The molecule has 2 fully saturated rings. The molecule has 0 aromatic heterocycles. The lowest BCUT2D eigenvalue weighted by Crippen LogP contribution is -2.28. The van der Waals surface area contributed by atoms with Crippen LogP contribution >= 0.6 is 0 Å². The van der Waals surface area contributed by atoms with Gasteiger partial charge in [0.1, 0.15) is 0 Å². The SMILES string of the molecule is O=C(N/N=C\c1cccc(/C=N\NC(=O)C2CCCCC2)c1)C1CCCCC1. The predicted octanol–water partition coefficient (Wildman–Crippen LogP) is 3.75. The Balaban J connectivity index is 1.47. The molecule has 0 unspecified atom stereocenters. The van der Waals surface area contributed by atoms with Gasteiger partial charge in [0.25, 0.3) is 0 Å². The summed E-state index contributed by atoms with van der Waals surface area (Å²) >= 11 is 0. The van der Waals surface area contributed by atoms with Crippen molar-refractivity contribution in [1.29, 1.82) is 0 Å². The van der Waals surface area contributed by atoms with Crippen molar-refractivity contribution in [1.82, 2.24) is 10.9 Å². The molecule has 3 rings (SSSR count). The quantitative estimate of drug-likeness (QED) is 0.580. The van der Waals surface area contributed by atoms with Gasteiger partial charge in [0, 0.05) is 11.8 Å². The fraction of sp³-hybridized carbons (Fsp3) is 0.545. The summed E-state index contributed by atoms with van der Waals surface area (Å²) in [5, 5.41) is 8.18. The molecule has 1 aromatic carbocycles. The molecule has 28 heavy (non-hydrogen) atoms. The molecule has 1 aromatic rings. The molecule has 0 saturated heterocycles. The topological polar surface area (TPSA) is 82.9 Å². The molecule has 6 heteroatoms. The molecule has 0 radical (unpaired) electrons. The highest BCUT2D eigenvalue weighted by Crippen LogP contribution is 2.24. The average molecular weight is 383 g/mol. The number of hydrazone groups is 2. The van der Waals surface area contributed by atoms with Gasteiger partial charge in [-0.25, -0.2) is 10.9 Å². The molecule has 2 amide bonds. The van der Waals surface area contributed by atoms with Gasteiger partial charge in [0.05, 0.1) is 12.4 Å². The van der Waals surface area contributed by atoms with E-state index in [9.17, 15) is 9.59 Å². The minimum absolute atomic E-state index is 0.0130. The molecule has 0 atom stereocenters. The van der Waals surface area contributed by atoms with Crippen molar-refractivity contribution >= 4 is 24.2 Å². The van der Waals surface area contributed by atoms with E-state index >= 15 is 0 Å². The van der Waals surface area contributed by atoms with Crippen LogP contribution in [0, 0.1) is 11.8 Å². The molecule has 0 bridgehead atoms. The maximum atomic E-state index is 12.1. The average Bonchev–Trinajstić information content (AvgIpc) is 2.75. The van der Waals surface area contributed by atoms with E-state index in [1.807, 2.05) is 24.3 Å². The van der Waals surface area contributed by atoms with Crippen LogP contribution in [0.1, 0.15) is 75.3 Å². The Morgan fingerprint density at radius 1 is 0.750 bits per heavy atom. The summed E-state index contributed by atoms with van der Waals surface area (Å²) in [6, 6.07) is 7.63. The Labute approximate surface area is 166 Å². The number of carbonyl (C=O) groups excluding carboxylic acids is 2. The van der Waals surface area contributed by atoms with Crippen molar-refractivity contribution in [2.45, 2.75) is 64.2 Å². The Hall–Kier alpha value is -2.50. The van der Waals surface area contributed by atoms with E-state index in [0.717, 1.165) is 62.5 Å². The third kappa shape index (κ3) is 6.29. The fourth-order valence-electron chi connectivity index (χ4n) is 3.97. The maximum absolute atomic E-state index is 12.1. The fourth-order valence-corrected chi connectivity index (χ4v) is 3.97. The van der Waals surface area contributed by atoms with Gasteiger partial charge in [0.15, 0.2) is 0 Å². The Bertz CT molecular complexity index is 660. The summed E-state index contributed by atoms with van der Waals surface area (Å²) < 4.78 is 0. The van der Waals surface area contributed by atoms with Crippen LogP contribution in [0.2, 0.25) is 0 Å². The lowest BCUT2D eigenvalue weighted by Gasteiger charge is -2.19. The van der Waals surface area contributed by atoms with Crippen molar-refractivity contribution in [3.63, 3.8) is 0 Å². The molecule has 6 nitrogen and oxygen atoms in total. The van der Waals surface area contributed by atoms with Crippen molar-refractivity contribution in [2.75, 3.05) is 0 Å². The number of hydrogen-bond donors (Lipinski definition) is 2. The third-order valence-electron chi connectivity index (χ3n) is 5.64. The molecule has 2 N–H and O–H groups in total. The van der Waals surface area contributed by atoms with Crippen LogP contribution in [0.3, 0.4) is 0 Å². The highest BCUT2D eigenvalue weighted by molar-refractivity contribution is 5.88. The Morgan fingerprint density at radius 2 is 1.18 bits per heavy atom. The second-order valence-corrected chi connectivity index (χ2v) is 7.81. The number of nitrogens with one attached hydrogen (secondary N) is 2. The Kier molecular flexibility index (Phi) is 7.76. The molecule has 150 valence electrons. The molecule has 2 aliphatic rings. The second kappa shape index (κ2) is 10.7. The number of amides is 2. The van der Waals surface area contributed by atoms with E-state index in [1.165, 1.54) is 12.8 Å². The van der Waals surface area contributed by atoms with E-state index in [-0.39, 0.29) is 23.7 Å². The van der Waals surface area contributed by atoms with Crippen molar-refractivity contribution in [3.05, 3.63) is 35.4 Å². The summed E-state index contributed by atoms with van der Waals surface area (Å²) in [5.41, 5.74) is 7.04. The maximum Gasteiger partial charge on any atom is 0.243 e. The number of hydrogen-bond acceptors (Lipinski definition) is 4. The third-order valence-corrected chi connectivity index (χ3v) is 5.64. The Morgan fingerprint density at radius 3 is 1.61 bits per heavy atom. The van der Waals surface area contributed by atoms with Gasteiger partial charge < -0.3 is 0 Å². The van der Waals surface area contributed by atoms with Crippen LogP contribution in [0.25, 0.3) is 0 Å². The van der Waals surface area contributed by atoms with E-state index in [2.05, 4.69) is 21.1 Å². The van der Waals surface area contributed by atoms with Crippen LogP contribution < -0.4 is 10.9 Å². The zero-order valence-corrected chi connectivity index (χ0v) is 16.4. The van der Waals surface area contributed by atoms with Crippen LogP contribution in [-0.4, -0.2) is 24.2 Å². The lowest BCUT2D eigenvalue weighted by molar-refractivity contribution is -0.126. The van der Waals surface area contributed by atoms with Gasteiger partial charge in [-0.3, -0.25) is 9.59 Å². The smallest absolute Gasteiger partial charge is 0.243 e. The van der Waals surface area contributed by atoms with Gasteiger partial charge in [-0.1, -0.05) is 56.7 Å².